The number of aryl methyl sites for hydroxylation is 1. The molecule has 1 amide bonds. The van der Waals surface area contributed by atoms with Gasteiger partial charge in [0.05, 0.1) is 0 Å². The summed E-state index contributed by atoms with van der Waals surface area (Å²) in [6.07, 6.45) is 5.21. The molecule has 3 heterocycles. The number of hydrogen-bond donors (Lipinski definition) is 0. The number of hydrogen-bond acceptors (Lipinski definition) is 3. The molecule has 2 aromatic rings. The molecule has 1 saturated heterocycles. The lowest BCUT2D eigenvalue weighted by Gasteiger charge is -2.34. The summed E-state index contributed by atoms with van der Waals surface area (Å²) in [7, 11) is 0. The summed E-state index contributed by atoms with van der Waals surface area (Å²) < 4.78 is 16.2. The molecule has 5 nitrogen and oxygen atoms in total. The molecule has 1 unspecified atom stereocenters. The predicted octanol–water partition coefficient (Wildman–Crippen LogP) is 3.36. The molecule has 27 heavy (non-hydrogen) atoms. The first-order valence-electron chi connectivity index (χ1n) is 10.1. The molecule has 0 radical (unpaired) electrons. The van der Waals surface area contributed by atoms with Gasteiger partial charge in [-0.05, 0) is 49.7 Å². The highest BCUT2D eigenvalue weighted by Crippen LogP contribution is 2.32. The summed E-state index contributed by atoms with van der Waals surface area (Å²) in [5, 5.41) is 0. The minimum Gasteiger partial charge on any atom is -0.336 e. The monoisotopic (exact) mass is 372 g/mol. The third-order valence-electron chi connectivity index (χ3n) is 5.99. The Labute approximate surface area is 160 Å². The van der Waals surface area contributed by atoms with Crippen LogP contribution in [0, 0.1) is 24.7 Å². The molecule has 2 aromatic heterocycles. The van der Waals surface area contributed by atoms with Crippen molar-refractivity contribution in [3.8, 4) is 0 Å². The van der Waals surface area contributed by atoms with Crippen LogP contribution in [0.3, 0.4) is 0 Å². The van der Waals surface area contributed by atoms with Crippen molar-refractivity contribution in [1.82, 2.24) is 19.2 Å². The maximum absolute atomic E-state index is 14.9. The van der Waals surface area contributed by atoms with Gasteiger partial charge in [-0.25, -0.2) is 4.98 Å². The van der Waals surface area contributed by atoms with Crippen molar-refractivity contribution in [2.24, 2.45) is 11.8 Å². The Kier molecular flexibility index (Phi) is 4.93. The number of imidazole rings is 1. The van der Waals surface area contributed by atoms with Crippen molar-refractivity contribution < 1.29 is 9.18 Å². The highest BCUT2D eigenvalue weighted by atomic mass is 19.1. The molecule has 0 aromatic carbocycles. The van der Waals surface area contributed by atoms with E-state index in [9.17, 15) is 9.18 Å². The van der Waals surface area contributed by atoms with Gasteiger partial charge in [0.2, 0.25) is 5.95 Å². The molecule has 0 bridgehead atoms. The van der Waals surface area contributed by atoms with Crippen molar-refractivity contribution >= 4 is 11.6 Å². The lowest BCUT2D eigenvalue weighted by atomic mass is 10.0. The second-order valence-corrected chi connectivity index (χ2v) is 8.49. The van der Waals surface area contributed by atoms with E-state index in [1.54, 1.807) is 12.3 Å². The predicted molar refractivity (Wildman–Crippen MR) is 103 cm³/mol. The van der Waals surface area contributed by atoms with Gasteiger partial charge >= 0.3 is 0 Å². The molecule has 4 rings (SSSR count). The first-order valence-corrected chi connectivity index (χ1v) is 10.1. The first-order chi connectivity index (χ1) is 13.0. The lowest BCUT2D eigenvalue weighted by Crippen LogP contribution is -2.46. The minimum atomic E-state index is -0.557. The molecule has 146 valence electrons. The molecular weight excluding hydrogens is 343 g/mol. The zero-order valence-corrected chi connectivity index (χ0v) is 16.5. The number of carbonyl (C=O) groups is 1. The zero-order valence-electron chi connectivity index (χ0n) is 16.5. The van der Waals surface area contributed by atoms with E-state index in [1.807, 2.05) is 17.9 Å². The van der Waals surface area contributed by atoms with Crippen molar-refractivity contribution in [3.05, 3.63) is 35.5 Å². The summed E-state index contributed by atoms with van der Waals surface area (Å²) in [5.74, 6) is 0.436. The Morgan fingerprint density at radius 1 is 1.33 bits per heavy atom. The van der Waals surface area contributed by atoms with E-state index >= 15 is 0 Å². The Bertz CT molecular complexity index is 842. The SMILES string of the molecule is Cc1cccn2c(F)c(C(=O)N3CCCN(CC4CC4)C(C(C)C)C3)nc12. The van der Waals surface area contributed by atoms with Gasteiger partial charge in [0.15, 0.2) is 5.69 Å². The number of halogens is 1. The lowest BCUT2D eigenvalue weighted by molar-refractivity contribution is 0.0694. The van der Waals surface area contributed by atoms with Gasteiger partial charge in [-0.2, -0.15) is 4.39 Å². The van der Waals surface area contributed by atoms with Crippen molar-refractivity contribution in [3.63, 3.8) is 0 Å². The summed E-state index contributed by atoms with van der Waals surface area (Å²) in [5.41, 5.74) is 1.33. The number of carbonyl (C=O) groups excluding carboxylic acids is 1. The van der Waals surface area contributed by atoms with E-state index < -0.39 is 5.95 Å². The minimum absolute atomic E-state index is 0.0533. The zero-order chi connectivity index (χ0) is 19.1. The van der Waals surface area contributed by atoms with Crippen LogP contribution in [0.1, 0.15) is 49.2 Å². The molecule has 0 spiro atoms. The number of fused-ring (bicyclic) bond motifs is 1. The number of amides is 1. The molecule has 2 aliphatic rings. The fraction of sp³-hybridized carbons (Fsp3) is 0.619. The van der Waals surface area contributed by atoms with Gasteiger partial charge < -0.3 is 4.90 Å². The van der Waals surface area contributed by atoms with Crippen molar-refractivity contribution in [2.75, 3.05) is 26.2 Å². The first kappa shape index (κ1) is 18.4. The second kappa shape index (κ2) is 7.23. The number of nitrogens with zero attached hydrogens (tertiary/aromatic N) is 4. The van der Waals surface area contributed by atoms with Crippen LogP contribution in [0.15, 0.2) is 18.3 Å². The largest absolute Gasteiger partial charge is 0.336 e. The Morgan fingerprint density at radius 3 is 2.78 bits per heavy atom. The van der Waals surface area contributed by atoms with Crippen LogP contribution in [-0.2, 0) is 0 Å². The van der Waals surface area contributed by atoms with E-state index in [4.69, 9.17) is 0 Å². The van der Waals surface area contributed by atoms with Crippen LogP contribution in [-0.4, -0.2) is 57.3 Å². The van der Waals surface area contributed by atoms with Crippen LogP contribution in [0.2, 0.25) is 0 Å². The van der Waals surface area contributed by atoms with Crippen LogP contribution in [0.5, 0.6) is 0 Å². The van der Waals surface area contributed by atoms with E-state index in [0.717, 1.165) is 31.0 Å². The van der Waals surface area contributed by atoms with Crippen molar-refractivity contribution in [2.45, 2.75) is 46.1 Å². The van der Waals surface area contributed by atoms with Crippen molar-refractivity contribution in [1.29, 1.82) is 0 Å². The normalized spacial score (nSPS) is 21.8. The Morgan fingerprint density at radius 2 is 2.11 bits per heavy atom. The topological polar surface area (TPSA) is 40.9 Å². The highest BCUT2D eigenvalue weighted by molar-refractivity contribution is 5.93. The van der Waals surface area contributed by atoms with Gasteiger partial charge in [-0.3, -0.25) is 14.1 Å². The number of pyridine rings is 1. The maximum Gasteiger partial charge on any atom is 0.277 e. The average molecular weight is 372 g/mol. The maximum atomic E-state index is 14.9. The average Bonchev–Trinajstić information content (AvgIpc) is 3.42. The van der Waals surface area contributed by atoms with Crippen LogP contribution in [0.4, 0.5) is 4.39 Å². The van der Waals surface area contributed by atoms with Crippen LogP contribution in [0.25, 0.3) is 5.65 Å². The summed E-state index contributed by atoms with van der Waals surface area (Å²) >= 11 is 0. The second-order valence-electron chi connectivity index (χ2n) is 8.49. The van der Waals surface area contributed by atoms with Crippen LogP contribution >= 0.6 is 0 Å². The standard InChI is InChI=1S/C21H29FN4O/c1-14(2)17-13-25(10-5-9-24(17)12-16-7-8-16)21(27)18-19(22)26-11-4-6-15(3)20(26)23-18/h4,6,11,14,16-17H,5,7-10,12-13H2,1-3H3. The van der Waals surface area contributed by atoms with Gasteiger partial charge in [-0.1, -0.05) is 19.9 Å². The molecule has 2 fully saturated rings. The molecule has 1 aliphatic heterocycles. The molecule has 1 saturated carbocycles. The van der Waals surface area contributed by atoms with Crippen LogP contribution < -0.4 is 0 Å². The summed E-state index contributed by atoms with van der Waals surface area (Å²) in [6, 6.07) is 3.98. The highest BCUT2D eigenvalue weighted by Gasteiger charge is 2.34. The fourth-order valence-electron chi connectivity index (χ4n) is 4.20. The molecule has 0 N–H and O–H groups in total. The van der Waals surface area contributed by atoms with Gasteiger partial charge in [-0.15, -0.1) is 0 Å². The summed E-state index contributed by atoms with van der Waals surface area (Å²) in [6.45, 7) is 9.76. The smallest absolute Gasteiger partial charge is 0.277 e. The van der Waals surface area contributed by atoms with E-state index in [2.05, 4.69) is 23.7 Å². The van der Waals surface area contributed by atoms with E-state index in [1.165, 1.54) is 17.2 Å². The molecule has 6 heteroatoms. The fourth-order valence-corrected chi connectivity index (χ4v) is 4.20. The number of aromatic nitrogens is 2. The Balaban J connectivity index is 1.59. The Hall–Kier alpha value is -1.95. The summed E-state index contributed by atoms with van der Waals surface area (Å²) in [4.78, 5) is 21.9. The van der Waals surface area contributed by atoms with E-state index in [0.29, 0.717) is 30.7 Å². The number of rotatable bonds is 4. The molecule has 1 aliphatic carbocycles. The van der Waals surface area contributed by atoms with Gasteiger partial charge in [0.25, 0.3) is 5.91 Å². The third kappa shape index (κ3) is 3.59. The third-order valence-corrected chi connectivity index (χ3v) is 5.99. The quantitative estimate of drug-likeness (QED) is 0.826. The molecular formula is C21H29FN4O. The van der Waals surface area contributed by atoms with E-state index in [-0.39, 0.29) is 11.6 Å². The van der Waals surface area contributed by atoms with Gasteiger partial charge in [0, 0.05) is 38.4 Å². The van der Waals surface area contributed by atoms with Gasteiger partial charge in [0.1, 0.15) is 5.65 Å². The molecule has 1 atom stereocenters.